The number of pyridine rings is 1. The normalized spacial score (nSPS) is 15.4. The highest BCUT2D eigenvalue weighted by Crippen LogP contribution is 2.36. The Kier molecular flexibility index (Phi) is 6.03. The number of aromatic nitrogens is 3. The van der Waals surface area contributed by atoms with Crippen molar-refractivity contribution in [1.82, 2.24) is 19.9 Å². The van der Waals surface area contributed by atoms with Crippen LogP contribution < -0.4 is 10.2 Å². The summed E-state index contributed by atoms with van der Waals surface area (Å²) in [6.07, 6.45) is -2.87. The molecule has 0 amide bonds. The van der Waals surface area contributed by atoms with Gasteiger partial charge >= 0.3 is 11.9 Å². The fourth-order valence-corrected chi connectivity index (χ4v) is 3.15. The van der Waals surface area contributed by atoms with E-state index in [0.29, 0.717) is 25.4 Å². The first-order valence-corrected chi connectivity index (χ1v) is 9.05. The van der Waals surface area contributed by atoms with Crippen molar-refractivity contribution < 1.29 is 18.1 Å². The van der Waals surface area contributed by atoms with Crippen molar-refractivity contribution in [2.45, 2.75) is 13.1 Å². The number of halogens is 4. The van der Waals surface area contributed by atoms with Crippen LogP contribution in [0.1, 0.15) is 12.5 Å². The maximum atomic E-state index is 12.8. The van der Waals surface area contributed by atoms with E-state index in [2.05, 4.69) is 25.2 Å². The minimum absolute atomic E-state index is 0.131. The van der Waals surface area contributed by atoms with E-state index in [-0.39, 0.29) is 22.5 Å². The predicted octanol–water partition coefficient (Wildman–Crippen LogP) is 3.34. The van der Waals surface area contributed by atoms with Crippen LogP contribution in [0.15, 0.2) is 18.6 Å². The number of anilines is 3. The number of rotatable bonds is 5. The third-order valence-electron chi connectivity index (χ3n) is 4.51. The highest BCUT2D eigenvalue weighted by molar-refractivity contribution is 6.33. The van der Waals surface area contributed by atoms with Gasteiger partial charge in [-0.3, -0.25) is 10.1 Å². The lowest BCUT2D eigenvalue weighted by Gasteiger charge is -2.34. The second kappa shape index (κ2) is 8.33. The average Bonchev–Trinajstić information content (AvgIpc) is 2.68. The molecule has 0 saturated carbocycles. The van der Waals surface area contributed by atoms with Gasteiger partial charge in [0.1, 0.15) is 6.33 Å². The molecule has 0 aromatic carbocycles. The van der Waals surface area contributed by atoms with Crippen LogP contribution in [0.2, 0.25) is 5.02 Å². The zero-order valence-electron chi connectivity index (χ0n) is 15.3. The standard InChI is InChI=1S/C16H17ClF3N7O2/c1-2-25-3-5-26(6-4-25)15-12(27(28)29)14(22-9-23-15)24-13-11(17)7-10(8-21-13)16(18,19)20/h7-9H,2-6H2,1H3,(H,21,22,23,24). The van der Waals surface area contributed by atoms with Crippen LogP contribution in [0.3, 0.4) is 0 Å². The van der Waals surface area contributed by atoms with E-state index in [1.807, 2.05) is 6.92 Å². The molecule has 156 valence electrons. The van der Waals surface area contributed by atoms with E-state index in [1.165, 1.54) is 0 Å². The van der Waals surface area contributed by atoms with Gasteiger partial charge in [-0.15, -0.1) is 0 Å². The number of likely N-dealkylation sites (N-methyl/N-ethyl adjacent to an activating group) is 1. The van der Waals surface area contributed by atoms with E-state index in [0.717, 1.165) is 26.0 Å². The first kappa shape index (κ1) is 21.0. The maximum absolute atomic E-state index is 12.8. The lowest BCUT2D eigenvalue weighted by molar-refractivity contribution is -0.383. The molecule has 29 heavy (non-hydrogen) atoms. The van der Waals surface area contributed by atoms with Gasteiger partial charge in [0.15, 0.2) is 5.82 Å². The molecule has 3 rings (SSSR count). The van der Waals surface area contributed by atoms with Gasteiger partial charge in [0.05, 0.1) is 15.5 Å². The SMILES string of the molecule is CCN1CCN(c2ncnc(Nc3ncc(C(F)(F)F)cc3Cl)c2[N+](=O)[O-])CC1. The molecule has 0 bridgehead atoms. The van der Waals surface area contributed by atoms with Crippen molar-refractivity contribution in [3.05, 3.63) is 39.3 Å². The molecule has 13 heteroatoms. The molecular formula is C16H17ClF3N7O2. The highest BCUT2D eigenvalue weighted by Gasteiger charge is 2.33. The minimum atomic E-state index is -4.61. The number of hydrogen-bond donors (Lipinski definition) is 1. The molecule has 1 fully saturated rings. The lowest BCUT2D eigenvalue weighted by atomic mass is 10.2. The van der Waals surface area contributed by atoms with Crippen molar-refractivity contribution in [2.75, 3.05) is 42.9 Å². The summed E-state index contributed by atoms with van der Waals surface area (Å²) in [5.41, 5.74) is -1.42. The van der Waals surface area contributed by atoms with E-state index in [4.69, 9.17) is 11.6 Å². The maximum Gasteiger partial charge on any atom is 0.417 e. The first-order valence-electron chi connectivity index (χ1n) is 8.67. The molecular weight excluding hydrogens is 415 g/mol. The number of nitrogens with one attached hydrogen (secondary N) is 1. The second-order valence-corrected chi connectivity index (χ2v) is 6.66. The van der Waals surface area contributed by atoms with E-state index < -0.39 is 22.4 Å². The molecule has 2 aromatic heterocycles. The zero-order valence-corrected chi connectivity index (χ0v) is 16.0. The summed E-state index contributed by atoms with van der Waals surface area (Å²) >= 11 is 5.88. The monoisotopic (exact) mass is 431 g/mol. The van der Waals surface area contributed by atoms with Crippen LogP contribution in [0.4, 0.5) is 36.3 Å². The van der Waals surface area contributed by atoms with E-state index in [1.54, 1.807) is 4.90 Å². The fraction of sp³-hybridized carbons (Fsp3) is 0.438. The van der Waals surface area contributed by atoms with Gasteiger partial charge in [-0.25, -0.2) is 15.0 Å². The number of alkyl halides is 3. The molecule has 9 nitrogen and oxygen atoms in total. The van der Waals surface area contributed by atoms with Crippen LogP contribution in [0.5, 0.6) is 0 Å². The van der Waals surface area contributed by atoms with Gasteiger partial charge in [0.2, 0.25) is 11.6 Å². The van der Waals surface area contributed by atoms with Crippen molar-refractivity contribution in [3.63, 3.8) is 0 Å². The molecule has 1 aliphatic heterocycles. The third kappa shape index (κ3) is 4.65. The van der Waals surface area contributed by atoms with Crippen molar-refractivity contribution in [3.8, 4) is 0 Å². The topological polar surface area (TPSA) is 100 Å². The molecule has 0 radical (unpaired) electrons. The summed E-state index contributed by atoms with van der Waals surface area (Å²) in [6, 6.07) is 0.689. The van der Waals surface area contributed by atoms with Crippen LogP contribution in [0.25, 0.3) is 0 Å². The minimum Gasteiger partial charge on any atom is -0.348 e. The molecule has 2 aromatic rings. The van der Waals surface area contributed by atoms with Crippen LogP contribution in [-0.2, 0) is 6.18 Å². The Labute approximate surface area is 168 Å². The Morgan fingerprint density at radius 1 is 1.21 bits per heavy atom. The van der Waals surface area contributed by atoms with E-state index >= 15 is 0 Å². The Bertz CT molecular complexity index is 905. The number of nitro groups is 1. The molecule has 0 aliphatic carbocycles. The van der Waals surface area contributed by atoms with Crippen molar-refractivity contribution in [1.29, 1.82) is 0 Å². The Morgan fingerprint density at radius 3 is 2.45 bits per heavy atom. The van der Waals surface area contributed by atoms with Crippen LogP contribution in [0, 0.1) is 10.1 Å². The van der Waals surface area contributed by atoms with Gasteiger partial charge in [0.25, 0.3) is 0 Å². The Morgan fingerprint density at radius 2 is 1.90 bits per heavy atom. The summed E-state index contributed by atoms with van der Waals surface area (Å²) in [4.78, 5) is 26.6. The molecule has 1 aliphatic rings. The largest absolute Gasteiger partial charge is 0.417 e. The number of nitrogens with zero attached hydrogens (tertiary/aromatic N) is 6. The van der Waals surface area contributed by atoms with Crippen molar-refractivity contribution >= 4 is 34.7 Å². The van der Waals surface area contributed by atoms with Crippen LogP contribution >= 0.6 is 11.6 Å². The highest BCUT2D eigenvalue weighted by atomic mass is 35.5. The van der Waals surface area contributed by atoms with Crippen molar-refractivity contribution in [2.24, 2.45) is 0 Å². The smallest absolute Gasteiger partial charge is 0.348 e. The van der Waals surface area contributed by atoms with Gasteiger partial charge in [-0.2, -0.15) is 13.2 Å². The molecule has 3 heterocycles. The third-order valence-corrected chi connectivity index (χ3v) is 4.80. The van der Waals surface area contributed by atoms with E-state index in [9.17, 15) is 23.3 Å². The van der Waals surface area contributed by atoms with Gasteiger partial charge in [-0.05, 0) is 12.6 Å². The molecule has 0 spiro atoms. The summed E-state index contributed by atoms with van der Waals surface area (Å²) < 4.78 is 38.3. The predicted molar refractivity (Wildman–Crippen MR) is 101 cm³/mol. The number of piperazine rings is 1. The Hall–Kier alpha value is -2.73. The second-order valence-electron chi connectivity index (χ2n) is 6.25. The quantitative estimate of drug-likeness (QED) is 0.568. The van der Waals surface area contributed by atoms with Gasteiger partial charge in [0, 0.05) is 32.4 Å². The summed E-state index contributed by atoms with van der Waals surface area (Å²) in [7, 11) is 0. The molecule has 0 atom stereocenters. The molecule has 0 unspecified atom stereocenters. The lowest BCUT2D eigenvalue weighted by Crippen LogP contribution is -2.46. The average molecular weight is 432 g/mol. The Balaban J connectivity index is 1.92. The summed E-state index contributed by atoms with van der Waals surface area (Å²) in [5, 5.41) is 13.9. The summed E-state index contributed by atoms with van der Waals surface area (Å²) in [5.74, 6) is -0.249. The first-order chi connectivity index (χ1) is 13.7. The number of hydrogen-bond acceptors (Lipinski definition) is 8. The molecule has 1 saturated heterocycles. The van der Waals surface area contributed by atoms with Crippen LogP contribution in [-0.4, -0.2) is 57.5 Å². The zero-order chi connectivity index (χ0) is 21.2. The summed E-state index contributed by atoms with van der Waals surface area (Å²) in [6.45, 7) is 5.46. The van der Waals surface area contributed by atoms with Gasteiger partial charge < -0.3 is 15.1 Å². The molecule has 1 N–H and O–H groups in total. The van der Waals surface area contributed by atoms with Gasteiger partial charge in [-0.1, -0.05) is 18.5 Å². The fourth-order valence-electron chi connectivity index (χ4n) is 2.93.